The SMILES string of the molecule is CCc1ccc(OC(C)C)cc1C1CC1. The molecule has 1 nitrogen and oxygen atoms in total. The van der Waals surface area contributed by atoms with Crippen LogP contribution in [-0.2, 0) is 6.42 Å². The van der Waals surface area contributed by atoms with Gasteiger partial charge in [-0.2, -0.15) is 0 Å². The maximum absolute atomic E-state index is 5.73. The van der Waals surface area contributed by atoms with Crippen LogP contribution in [0.25, 0.3) is 0 Å². The number of benzene rings is 1. The maximum Gasteiger partial charge on any atom is 0.119 e. The van der Waals surface area contributed by atoms with Gasteiger partial charge in [-0.1, -0.05) is 13.0 Å². The molecule has 0 unspecified atom stereocenters. The summed E-state index contributed by atoms with van der Waals surface area (Å²) in [5.74, 6) is 1.85. The summed E-state index contributed by atoms with van der Waals surface area (Å²) in [6.45, 7) is 6.37. The van der Waals surface area contributed by atoms with Gasteiger partial charge in [-0.25, -0.2) is 0 Å². The Bertz CT molecular complexity index is 337. The van der Waals surface area contributed by atoms with Crippen LogP contribution >= 0.6 is 0 Å². The van der Waals surface area contributed by atoms with Gasteiger partial charge < -0.3 is 4.74 Å². The third-order valence-corrected chi connectivity index (χ3v) is 2.89. The summed E-state index contributed by atoms with van der Waals surface area (Å²) in [5, 5.41) is 0. The quantitative estimate of drug-likeness (QED) is 0.722. The number of ether oxygens (including phenoxy) is 1. The zero-order valence-electron chi connectivity index (χ0n) is 9.92. The Morgan fingerprint density at radius 2 is 2.07 bits per heavy atom. The van der Waals surface area contributed by atoms with E-state index in [2.05, 4.69) is 39.0 Å². The molecule has 0 amide bonds. The maximum atomic E-state index is 5.73. The Morgan fingerprint density at radius 1 is 1.33 bits per heavy atom. The van der Waals surface area contributed by atoms with E-state index in [9.17, 15) is 0 Å². The lowest BCUT2D eigenvalue weighted by molar-refractivity contribution is 0.242. The lowest BCUT2D eigenvalue weighted by atomic mass is 10.0. The Hall–Kier alpha value is -0.980. The fourth-order valence-electron chi connectivity index (χ4n) is 2.01. The monoisotopic (exact) mass is 204 g/mol. The standard InChI is InChI=1S/C14H20O/c1-4-11-7-8-13(15-10(2)3)9-14(11)12-5-6-12/h7-10,12H,4-6H2,1-3H3. The van der Waals surface area contributed by atoms with Gasteiger partial charge in [-0.05, 0) is 62.3 Å². The van der Waals surface area contributed by atoms with Crippen LogP contribution in [0.4, 0.5) is 0 Å². The lowest BCUT2D eigenvalue weighted by Gasteiger charge is -2.13. The summed E-state index contributed by atoms with van der Waals surface area (Å²) >= 11 is 0. The van der Waals surface area contributed by atoms with Gasteiger partial charge >= 0.3 is 0 Å². The molecule has 0 radical (unpaired) electrons. The zero-order valence-corrected chi connectivity index (χ0v) is 9.92. The predicted molar refractivity (Wildman–Crippen MR) is 63.6 cm³/mol. The van der Waals surface area contributed by atoms with E-state index in [1.807, 2.05) is 0 Å². The summed E-state index contributed by atoms with van der Waals surface area (Å²) in [7, 11) is 0. The molecule has 0 spiro atoms. The van der Waals surface area contributed by atoms with E-state index in [0.29, 0.717) is 0 Å². The molecule has 82 valence electrons. The summed E-state index contributed by atoms with van der Waals surface area (Å²) in [6.07, 6.45) is 4.12. The normalized spacial score (nSPS) is 15.7. The third kappa shape index (κ3) is 2.53. The molecule has 1 aromatic carbocycles. The van der Waals surface area contributed by atoms with Crippen LogP contribution < -0.4 is 4.74 Å². The highest BCUT2D eigenvalue weighted by Gasteiger charge is 2.25. The molecule has 0 N–H and O–H groups in total. The lowest BCUT2D eigenvalue weighted by Crippen LogP contribution is -2.06. The molecule has 1 aromatic rings. The Kier molecular flexibility index (Phi) is 2.99. The second-order valence-corrected chi connectivity index (χ2v) is 4.66. The summed E-state index contributed by atoms with van der Waals surface area (Å²) in [4.78, 5) is 0. The molecule has 0 atom stereocenters. The van der Waals surface area contributed by atoms with Gasteiger partial charge in [0.15, 0.2) is 0 Å². The molecule has 0 bridgehead atoms. The van der Waals surface area contributed by atoms with E-state index in [-0.39, 0.29) is 6.10 Å². The average molecular weight is 204 g/mol. The van der Waals surface area contributed by atoms with Crippen molar-refractivity contribution in [1.29, 1.82) is 0 Å². The molecule has 2 rings (SSSR count). The first kappa shape index (κ1) is 10.5. The van der Waals surface area contributed by atoms with Crippen LogP contribution in [0.3, 0.4) is 0 Å². The number of aryl methyl sites for hydroxylation is 1. The molecule has 0 saturated heterocycles. The molecule has 1 fully saturated rings. The molecule has 15 heavy (non-hydrogen) atoms. The minimum absolute atomic E-state index is 0.268. The highest BCUT2D eigenvalue weighted by atomic mass is 16.5. The van der Waals surface area contributed by atoms with E-state index in [0.717, 1.165) is 18.1 Å². The molecule has 0 aromatic heterocycles. The fourth-order valence-corrected chi connectivity index (χ4v) is 2.01. The van der Waals surface area contributed by atoms with Crippen LogP contribution in [0.2, 0.25) is 0 Å². The molecule has 0 aliphatic heterocycles. The first-order valence-electron chi connectivity index (χ1n) is 6.00. The van der Waals surface area contributed by atoms with E-state index in [1.54, 1.807) is 0 Å². The topological polar surface area (TPSA) is 9.23 Å². The van der Waals surface area contributed by atoms with E-state index in [4.69, 9.17) is 4.74 Å². The van der Waals surface area contributed by atoms with Crippen molar-refractivity contribution in [1.82, 2.24) is 0 Å². The van der Waals surface area contributed by atoms with Crippen LogP contribution in [0.1, 0.15) is 50.7 Å². The average Bonchev–Trinajstić information content (AvgIpc) is 3.00. The van der Waals surface area contributed by atoms with E-state index >= 15 is 0 Å². The van der Waals surface area contributed by atoms with Crippen LogP contribution in [-0.4, -0.2) is 6.10 Å². The van der Waals surface area contributed by atoms with Gasteiger partial charge in [0, 0.05) is 0 Å². The van der Waals surface area contributed by atoms with Crippen molar-refractivity contribution in [3.05, 3.63) is 29.3 Å². The highest BCUT2D eigenvalue weighted by molar-refractivity contribution is 5.40. The van der Waals surface area contributed by atoms with Crippen LogP contribution in [0, 0.1) is 0 Å². The fraction of sp³-hybridized carbons (Fsp3) is 0.571. The van der Waals surface area contributed by atoms with E-state index in [1.165, 1.54) is 24.0 Å². The van der Waals surface area contributed by atoms with Crippen LogP contribution in [0.5, 0.6) is 5.75 Å². The number of hydrogen-bond acceptors (Lipinski definition) is 1. The molecule has 1 heteroatoms. The van der Waals surface area contributed by atoms with Crippen molar-refractivity contribution in [3.8, 4) is 5.75 Å². The minimum atomic E-state index is 0.268. The van der Waals surface area contributed by atoms with Crippen LogP contribution in [0.15, 0.2) is 18.2 Å². The second kappa shape index (κ2) is 4.26. The smallest absolute Gasteiger partial charge is 0.119 e. The molecule has 1 saturated carbocycles. The first-order chi connectivity index (χ1) is 7.20. The van der Waals surface area contributed by atoms with Crippen molar-refractivity contribution < 1.29 is 4.74 Å². The molecule has 1 aliphatic carbocycles. The Morgan fingerprint density at radius 3 is 2.60 bits per heavy atom. The zero-order chi connectivity index (χ0) is 10.8. The summed E-state index contributed by atoms with van der Waals surface area (Å²) in [6, 6.07) is 6.58. The Labute approximate surface area is 92.5 Å². The van der Waals surface area contributed by atoms with E-state index < -0.39 is 0 Å². The molecule has 0 heterocycles. The molecular weight excluding hydrogens is 184 g/mol. The van der Waals surface area contributed by atoms with Crippen molar-refractivity contribution in [2.45, 2.75) is 52.1 Å². The van der Waals surface area contributed by atoms with Gasteiger partial charge in [-0.3, -0.25) is 0 Å². The molecular formula is C14H20O. The second-order valence-electron chi connectivity index (χ2n) is 4.66. The molecule has 1 aliphatic rings. The van der Waals surface area contributed by atoms with Gasteiger partial charge in [0.05, 0.1) is 6.10 Å². The Balaban J connectivity index is 2.24. The largest absolute Gasteiger partial charge is 0.491 e. The van der Waals surface area contributed by atoms with Crippen molar-refractivity contribution in [2.24, 2.45) is 0 Å². The minimum Gasteiger partial charge on any atom is -0.491 e. The van der Waals surface area contributed by atoms with Gasteiger partial charge in [0.25, 0.3) is 0 Å². The summed E-state index contributed by atoms with van der Waals surface area (Å²) < 4.78 is 5.73. The predicted octanol–water partition coefficient (Wildman–Crippen LogP) is 3.91. The third-order valence-electron chi connectivity index (χ3n) is 2.89. The van der Waals surface area contributed by atoms with Gasteiger partial charge in [0.1, 0.15) is 5.75 Å². The van der Waals surface area contributed by atoms with Crippen molar-refractivity contribution in [3.63, 3.8) is 0 Å². The van der Waals surface area contributed by atoms with Gasteiger partial charge in [-0.15, -0.1) is 0 Å². The van der Waals surface area contributed by atoms with Crippen molar-refractivity contribution in [2.75, 3.05) is 0 Å². The summed E-state index contributed by atoms with van der Waals surface area (Å²) in [5.41, 5.74) is 3.02. The van der Waals surface area contributed by atoms with Gasteiger partial charge in [0.2, 0.25) is 0 Å². The number of rotatable bonds is 4. The first-order valence-corrected chi connectivity index (χ1v) is 6.00. The highest BCUT2D eigenvalue weighted by Crippen LogP contribution is 2.43. The van der Waals surface area contributed by atoms with Crippen molar-refractivity contribution >= 4 is 0 Å². The number of hydrogen-bond donors (Lipinski definition) is 0.